The Morgan fingerprint density at radius 1 is 1.28 bits per heavy atom. The van der Waals surface area contributed by atoms with Gasteiger partial charge in [-0.25, -0.2) is 0 Å². The molecule has 0 amide bonds. The molecule has 4 nitrogen and oxygen atoms in total. The van der Waals surface area contributed by atoms with Crippen LogP contribution in [0.4, 0.5) is 0 Å². The van der Waals surface area contributed by atoms with Crippen molar-refractivity contribution in [3.8, 4) is 0 Å². The molecule has 132 valence electrons. The molecule has 4 heteroatoms. The molecule has 1 N–H and O–H groups in total. The predicted octanol–water partition coefficient (Wildman–Crippen LogP) is 4.13. The molecule has 0 bridgehead atoms. The van der Waals surface area contributed by atoms with E-state index in [1.54, 1.807) is 0 Å². The van der Waals surface area contributed by atoms with Crippen LogP contribution in [-0.2, 0) is 16.0 Å². The Labute approximate surface area is 148 Å². The topological polar surface area (TPSA) is 45.3 Å². The van der Waals surface area contributed by atoms with E-state index in [2.05, 4.69) is 41.1 Å². The van der Waals surface area contributed by atoms with Crippen LogP contribution < -0.4 is 0 Å². The number of benzene rings is 1. The third kappa shape index (κ3) is 2.89. The van der Waals surface area contributed by atoms with Crippen molar-refractivity contribution < 1.29 is 9.53 Å². The highest BCUT2D eigenvalue weighted by atomic mass is 16.5. The number of carbonyl (C=O) groups excluding carboxylic acids is 1. The number of hydrogen-bond acceptors (Lipinski definition) is 3. The predicted molar refractivity (Wildman–Crippen MR) is 99.5 cm³/mol. The molecule has 2 aliphatic heterocycles. The highest BCUT2D eigenvalue weighted by Gasteiger charge is 2.35. The van der Waals surface area contributed by atoms with E-state index in [1.807, 2.05) is 6.92 Å². The van der Waals surface area contributed by atoms with Gasteiger partial charge in [0.25, 0.3) is 0 Å². The molecule has 2 aliphatic rings. The molecular weight excluding hydrogens is 312 g/mol. The van der Waals surface area contributed by atoms with Crippen LogP contribution in [0.2, 0.25) is 0 Å². The average Bonchev–Trinajstić information content (AvgIpc) is 3.00. The van der Waals surface area contributed by atoms with Crippen molar-refractivity contribution in [2.45, 2.75) is 45.6 Å². The zero-order chi connectivity index (χ0) is 17.4. The lowest BCUT2D eigenvalue weighted by atomic mass is 9.85. The van der Waals surface area contributed by atoms with Gasteiger partial charge in [-0.2, -0.15) is 0 Å². The molecule has 3 heterocycles. The maximum absolute atomic E-state index is 12.0. The van der Waals surface area contributed by atoms with Crippen molar-refractivity contribution >= 4 is 16.9 Å². The zero-order valence-electron chi connectivity index (χ0n) is 15.1. The van der Waals surface area contributed by atoms with Gasteiger partial charge in [0.1, 0.15) is 0 Å². The summed E-state index contributed by atoms with van der Waals surface area (Å²) < 4.78 is 5.20. The summed E-state index contributed by atoms with van der Waals surface area (Å²) >= 11 is 0. The van der Waals surface area contributed by atoms with Crippen LogP contribution in [0.3, 0.4) is 0 Å². The smallest absolute Gasteiger partial charge is 0.309 e. The molecule has 0 saturated heterocycles. The first-order chi connectivity index (χ1) is 12.2. The number of rotatable bonds is 4. The first-order valence-corrected chi connectivity index (χ1v) is 9.40. The third-order valence-corrected chi connectivity index (χ3v) is 5.69. The Hall–Kier alpha value is -2.07. The Balaban J connectivity index is 1.68. The highest BCUT2D eigenvalue weighted by molar-refractivity contribution is 5.85. The van der Waals surface area contributed by atoms with Gasteiger partial charge in [0.2, 0.25) is 0 Å². The van der Waals surface area contributed by atoms with Crippen LogP contribution in [0, 0.1) is 0 Å². The third-order valence-electron chi connectivity index (χ3n) is 5.69. The molecule has 1 aromatic heterocycles. The quantitative estimate of drug-likeness (QED) is 0.673. The lowest BCUT2D eigenvalue weighted by Crippen LogP contribution is -2.40. The molecular formula is C21H26N2O2. The van der Waals surface area contributed by atoms with Gasteiger partial charge >= 0.3 is 5.97 Å². The molecule has 1 atom stereocenters. The van der Waals surface area contributed by atoms with Crippen molar-refractivity contribution in [3.05, 3.63) is 46.7 Å². The largest absolute Gasteiger partial charge is 0.466 e. The second-order valence-electron chi connectivity index (χ2n) is 7.05. The van der Waals surface area contributed by atoms with Gasteiger partial charge in [-0.3, -0.25) is 9.69 Å². The molecule has 0 aliphatic carbocycles. The van der Waals surface area contributed by atoms with Crippen molar-refractivity contribution in [2.24, 2.45) is 0 Å². The van der Waals surface area contributed by atoms with E-state index < -0.39 is 0 Å². The van der Waals surface area contributed by atoms with Crippen LogP contribution in [0.15, 0.2) is 35.4 Å². The van der Waals surface area contributed by atoms with E-state index in [0.717, 1.165) is 32.4 Å². The van der Waals surface area contributed by atoms with Gasteiger partial charge in [-0.15, -0.1) is 0 Å². The maximum Gasteiger partial charge on any atom is 0.309 e. The highest BCUT2D eigenvalue weighted by Crippen LogP contribution is 2.42. The van der Waals surface area contributed by atoms with Gasteiger partial charge < -0.3 is 9.72 Å². The lowest BCUT2D eigenvalue weighted by molar-refractivity contribution is -0.142. The van der Waals surface area contributed by atoms with E-state index in [1.165, 1.54) is 33.3 Å². The number of carbonyl (C=O) groups is 1. The van der Waals surface area contributed by atoms with Gasteiger partial charge in [-0.05, 0) is 37.8 Å². The molecule has 0 saturated carbocycles. The van der Waals surface area contributed by atoms with E-state index in [4.69, 9.17) is 4.74 Å². The Morgan fingerprint density at radius 2 is 2.12 bits per heavy atom. The van der Waals surface area contributed by atoms with E-state index >= 15 is 0 Å². The Morgan fingerprint density at radius 3 is 2.92 bits per heavy atom. The Bertz CT molecular complexity index is 834. The summed E-state index contributed by atoms with van der Waals surface area (Å²) in [6, 6.07) is 8.94. The van der Waals surface area contributed by atoms with Crippen LogP contribution in [-0.4, -0.2) is 35.5 Å². The number of ether oxygens (including phenoxy) is 1. The molecule has 2 aromatic rings. The minimum Gasteiger partial charge on any atom is -0.466 e. The first kappa shape index (κ1) is 16.4. The van der Waals surface area contributed by atoms with Crippen molar-refractivity contribution in [3.63, 3.8) is 0 Å². The fourth-order valence-electron chi connectivity index (χ4n) is 4.47. The number of fused-ring (bicyclic) bond motifs is 5. The fraction of sp³-hybridized carbons (Fsp3) is 0.476. The summed E-state index contributed by atoms with van der Waals surface area (Å²) in [4.78, 5) is 18.3. The number of hydrogen-bond donors (Lipinski definition) is 1. The summed E-state index contributed by atoms with van der Waals surface area (Å²) in [5.41, 5.74) is 6.75. The Kier molecular flexibility index (Phi) is 4.38. The van der Waals surface area contributed by atoms with Crippen LogP contribution >= 0.6 is 0 Å². The van der Waals surface area contributed by atoms with Gasteiger partial charge in [0, 0.05) is 29.7 Å². The summed E-state index contributed by atoms with van der Waals surface area (Å²) in [5.74, 6) is -0.0930. The summed E-state index contributed by atoms with van der Waals surface area (Å²) in [6.45, 7) is 6.59. The lowest BCUT2D eigenvalue weighted by Gasteiger charge is -2.41. The maximum atomic E-state index is 12.0. The molecule has 0 radical (unpaired) electrons. The molecule has 25 heavy (non-hydrogen) atoms. The molecule has 4 rings (SSSR count). The number of aromatic nitrogens is 1. The van der Waals surface area contributed by atoms with E-state index in [9.17, 15) is 4.79 Å². The minimum absolute atomic E-state index is 0.0930. The average molecular weight is 338 g/mol. The molecule has 0 fully saturated rings. The fourth-order valence-corrected chi connectivity index (χ4v) is 4.47. The van der Waals surface area contributed by atoms with Crippen molar-refractivity contribution in [2.75, 3.05) is 19.7 Å². The minimum atomic E-state index is -0.0930. The van der Waals surface area contributed by atoms with Crippen LogP contribution in [0.25, 0.3) is 10.9 Å². The number of H-pyrrole nitrogens is 1. The van der Waals surface area contributed by atoms with Crippen molar-refractivity contribution in [1.82, 2.24) is 9.88 Å². The molecule has 0 spiro atoms. The summed E-state index contributed by atoms with van der Waals surface area (Å²) in [6.07, 6.45) is 3.48. The normalized spacial score (nSPS) is 20.5. The number of nitrogens with one attached hydrogen (secondary N) is 1. The van der Waals surface area contributed by atoms with E-state index in [-0.39, 0.29) is 5.97 Å². The second-order valence-corrected chi connectivity index (χ2v) is 7.05. The number of nitrogens with zero attached hydrogens (tertiary/aromatic N) is 1. The zero-order valence-corrected chi connectivity index (χ0v) is 15.1. The number of aromatic amines is 1. The summed E-state index contributed by atoms with van der Waals surface area (Å²) in [7, 11) is 0. The molecule has 1 aromatic carbocycles. The van der Waals surface area contributed by atoms with Crippen LogP contribution in [0.5, 0.6) is 0 Å². The monoisotopic (exact) mass is 338 g/mol. The van der Waals surface area contributed by atoms with Crippen molar-refractivity contribution in [1.29, 1.82) is 0 Å². The number of para-hydroxylation sites is 1. The SMILES string of the molecule is CCOC(=O)CC1=C(CC)CN2CCc3c([nH]c4ccccc34)C2C1. The number of esters is 1. The second kappa shape index (κ2) is 6.68. The molecule has 1 unspecified atom stereocenters. The van der Waals surface area contributed by atoms with Crippen LogP contribution in [0.1, 0.15) is 50.4 Å². The van der Waals surface area contributed by atoms with Gasteiger partial charge in [0.05, 0.1) is 19.1 Å². The first-order valence-electron chi connectivity index (χ1n) is 9.40. The standard InChI is InChI=1S/C21H26N2O2/c1-3-14-13-23-10-9-17-16-7-5-6-8-18(16)22-21(17)19(23)11-15(14)12-20(24)25-4-2/h5-8,19,22H,3-4,9-13H2,1-2H3. The van der Waals surface area contributed by atoms with Gasteiger partial charge in [0.15, 0.2) is 0 Å². The summed E-state index contributed by atoms with van der Waals surface area (Å²) in [5, 5.41) is 1.36. The van der Waals surface area contributed by atoms with Gasteiger partial charge in [-0.1, -0.05) is 36.3 Å². The van der Waals surface area contributed by atoms with E-state index in [0.29, 0.717) is 19.1 Å².